The summed E-state index contributed by atoms with van der Waals surface area (Å²) in [5.41, 5.74) is 2.35. The van der Waals surface area contributed by atoms with Gasteiger partial charge in [-0.1, -0.05) is 0 Å². The SMILES string of the molecule is c1cn2cnnc2c(N2CCN(c3ncnc4nc[nH]c34)CC2)n1. The van der Waals surface area contributed by atoms with Crippen LogP contribution in [0.15, 0.2) is 31.4 Å². The van der Waals surface area contributed by atoms with Crippen molar-refractivity contribution in [2.24, 2.45) is 0 Å². The predicted molar refractivity (Wildman–Crippen MR) is 86.9 cm³/mol. The Morgan fingerprint density at radius 3 is 2.62 bits per heavy atom. The van der Waals surface area contributed by atoms with Crippen LogP contribution in [0.4, 0.5) is 11.6 Å². The van der Waals surface area contributed by atoms with Crippen LogP contribution in [0, 0.1) is 0 Å². The number of hydrogen-bond acceptors (Lipinski definition) is 8. The molecule has 0 aliphatic carbocycles. The first-order valence-corrected chi connectivity index (χ1v) is 7.68. The van der Waals surface area contributed by atoms with Crippen LogP contribution in [-0.4, -0.2) is 65.7 Å². The molecule has 5 rings (SSSR count). The molecule has 0 saturated carbocycles. The van der Waals surface area contributed by atoms with E-state index in [1.165, 1.54) is 0 Å². The fourth-order valence-corrected chi connectivity index (χ4v) is 3.09. The normalized spacial score (nSPS) is 15.5. The number of aromatic amines is 1. The van der Waals surface area contributed by atoms with Crippen molar-refractivity contribution in [1.29, 1.82) is 0 Å². The zero-order valence-electron chi connectivity index (χ0n) is 12.7. The van der Waals surface area contributed by atoms with E-state index in [1.807, 2.05) is 10.6 Å². The summed E-state index contributed by atoms with van der Waals surface area (Å²) < 4.78 is 1.88. The summed E-state index contributed by atoms with van der Waals surface area (Å²) in [5.74, 6) is 1.76. The van der Waals surface area contributed by atoms with E-state index in [0.29, 0.717) is 5.65 Å². The van der Waals surface area contributed by atoms with Gasteiger partial charge in [0, 0.05) is 38.6 Å². The molecule has 1 fully saturated rings. The van der Waals surface area contributed by atoms with Gasteiger partial charge in [0.05, 0.1) is 6.33 Å². The van der Waals surface area contributed by atoms with E-state index in [0.717, 1.165) is 49.0 Å². The molecule has 10 nitrogen and oxygen atoms in total. The van der Waals surface area contributed by atoms with Crippen molar-refractivity contribution < 1.29 is 0 Å². The first-order valence-electron chi connectivity index (χ1n) is 7.68. The van der Waals surface area contributed by atoms with Crippen molar-refractivity contribution in [3.8, 4) is 0 Å². The third kappa shape index (κ3) is 1.96. The summed E-state index contributed by atoms with van der Waals surface area (Å²) in [4.78, 5) is 24.9. The Labute approximate surface area is 136 Å². The minimum Gasteiger partial charge on any atom is -0.351 e. The molecule has 120 valence electrons. The van der Waals surface area contributed by atoms with Crippen molar-refractivity contribution >= 4 is 28.4 Å². The molecule has 24 heavy (non-hydrogen) atoms. The molecule has 4 aromatic heterocycles. The van der Waals surface area contributed by atoms with Crippen LogP contribution in [0.5, 0.6) is 0 Å². The number of imidazole rings is 1. The molecular weight excluding hydrogens is 308 g/mol. The number of nitrogens with one attached hydrogen (secondary N) is 1. The molecule has 4 aromatic rings. The summed E-state index contributed by atoms with van der Waals surface area (Å²) in [7, 11) is 0. The lowest BCUT2D eigenvalue weighted by atomic mass is 10.3. The van der Waals surface area contributed by atoms with Crippen LogP contribution >= 0.6 is 0 Å². The fourth-order valence-electron chi connectivity index (χ4n) is 3.09. The van der Waals surface area contributed by atoms with Crippen molar-refractivity contribution in [2.75, 3.05) is 36.0 Å². The Balaban J connectivity index is 1.41. The second kappa shape index (κ2) is 5.11. The van der Waals surface area contributed by atoms with Gasteiger partial charge in [0.15, 0.2) is 17.3 Å². The van der Waals surface area contributed by atoms with E-state index in [2.05, 4.69) is 44.9 Å². The Kier molecular flexibility index (Phi) is 2.81. The van der Waals surface area contributed by atoms with Gasteiger partial charge in [-0.2, -0.15) is 0 Å². The van der Waals surface area contributed by atoms with E-state index in [1.54, 1.807) is 25.2 Å². The number of nitrogens with zero attached hydrogens (tertiary/aromatic N) is 9. The Hall–Kier alpha value is -3.30. The molecule has 1 saturated heterocycles. The third-order valence-corrected chi connectivity index (χ3v) is 4.28. The number of fused-ring (bicyclic) bond motifs is 2. The van der Waals surface area contributed by atoms with Gasteiger partial charge >= 0.3 is 0 Å². The Morgan fingerprint density at radius 1 is 0.917 bits per heavy atom. The van der Waals surface area contributed by atoms with Crippen LogP contribution in [-0.2, 0) is 0 Å². The van der Waals surface area contributed by atoms with Crippen molar-refractivity contribution in [2.45, 2.75) is 0 Å². The van der Waals surface area contributed by atoms with E-state index in [4.69, 9.17) is 0 Å². The molecule has 1 N–H and O–H groups in total. The average molecular weight is 322 g/mol. The highest BCUT2D eigenvalue weighted by Gasteiger charge is 2.23. The number of hydrogen-bond donors (Lipinski definition) is 1. The highest BCUT2D eigenvalue weighted by molar-refractivity contribution is 5.82. The third-order valence-electron chi connectivity index (χ3n) is 4.28. The minimum absolute atomic E-state index is 0.692. The monoisotopic (exact) mass is 322 g/mol. The molecule has 0 aromatic carbocycles. The van der Waals surface area contributed by atoms with Gasteiger partial charge in [-0.25, -0.2) is 19.9 Å². The lowest BCUT2D eigenvalue weighted by Crippen LogP contribution is -2.47. The van der Waals surface area contributed by atoms with Gasteiger partial charge in [-0.05, 0) is 0 Å². The van der Waals surface area contributed by atoms with Crippen molar-refractivity contribution in [3.05, 3.63) is 31.4 Å². The van der Waals surface area contributed by atoms with Crippen molar-refractivity contribution in [1.82, 2.24) is 39.5 Å². The Bertz CT molecular complexity index is 915. The molecule has 1 aliphatic heterocycles. The second-order valence-corrected chi connectivity index (χ2v) is 5.59. The van der Waals surface area contributed by atoms with Crippen LogP contribution in [0.2, 0.25) is 0 Å². The van der Waals surface area contributed by atoms with Crippen LogP contribution in [0.3, 0.4) is 0 Å². The largest absolute Gasteiger partial charge is 0.351 e. The summed E-state index contributed by atoms with van der Waals surface area (Å²) in [5, 5.41) is 8.12. The summed E-state index contributed by atoms with van der Waals surface area (Å²) in [6.45, 7) is 3.34. The van der Waals surface area contributed by atoms with Crippen LogP contribution in [0.25, 0.3) is 16.8 Å². The van der Waals surface area contributed by atoms with Gasteiger partial charge < -0.3 is 14.8 Å². The maximum Gasteiger partial charge on any atom is 0.203 e. The average Bonchev–Trinajstić information content (AvgIpc) is 3.30. The quantitative estimate of drug-likeness (QED) is 0.555. The zero-order chi connectivity index (χ0) is 15.9. The van der Waals surface area contributed by atoms with E-state index < -0.39 is 0 Å². The molecule has 5 heterocycles. The number of rotatable bonds is 2. The molecule has 1 aliphatic rings. The van der Waals surface area contributed by atoms with Gasteiger partial charge in [0.25, 0.3) is 0 Å². The number of aromatic nitrogens is 8. The first kappa shape index (κ1) is 13.2. The molecule has 0 bridgehead atoms. The molecule has 0 amide bonds. The number of anilines is 2. The van der Waals surface area contributed by atoms with Crippen LogP contribution < -0.4 is 9.80 Å². The highest BCUT2D eigenvalue weighted by atomic mass is 15.3. The predicted octanol–water partition coefficient (Wildman–Crippen LogP) is 0.117. The first-order chi connectivity index (χ1) is 11.9. The van der Waals surface area contributed by atoms with Crippen LogP contribution in [0.1, 0.15) is 0 Å². The lowest BCUT2D eigenvalue weighted by molar-refractivity contribution is 0.642. The summed E-state index contributed by atoms with van der Waals surface area (Å²) >= 11 is 0. The molecule has 0 radical (unpaired) electrons. The summed E-state index contributed by atoms with van der Waals surface area (Å²) in [6, 6.07) is 0. The fraction of sp³-hybridized carbons (Fsp3) is 0.286. The Morgan fingerprint density at radius 2 is 1.75 bits per heavy atom. The lowest BCUT2D eigenvalue weighted by Gasteiger charge is -2.35. The standard InChI is InChI=1S/C14H14N10/c1-2-24-9-20-21-14(24)13(15-1)23-5-3-22(4-6-23)12-10-11(17-7-16-10)18-8-19-12/h1-2,7-9H,3-6H2,(H,16,17,18,19). The molecule has 0 unspecified atom stereocenters. The maximum absolute atomic E-state index is 4.48. The van der Waals surface area contributed by atoms with E-state index in [-0.39, 0.29) is 0 Å². The van der Waals surface area contributed by atoms with E-state index >= 15 is 0 Å². The zero-order valence-corrected chi connectivity index (χ0v) is 12.7. The van der Waals surface area contributed by atoms with Gasteiger partial charge in [-0.15, -0.1) is 10.2 Å². The van der Waals surface area contributed by atoms with Gasteiger partial charge in [-0.3, -0.25) is 4.40 Å². The van der Waals surface area contributed by atoms with E-state index in [9.17, 15) is 0 Å². The van der Waals surface area contributed by atoms with Gasteiger partial charge in [0.1, 0.15) is 18.2 Å². The maximum atomic E-state index is 4.48. The number of piperazine rings is 1. The van der Waals surface area contributed by atoms with Crippen molar-refractivity contribution in [3.63, 3.8) is 0 Å². The number of H-pyrrole nitrogens is 1. The molecule has 10 heteroatoms. The molecule has 0 spiro atoms. The topological polar surface area (TPSA) is 104 Å². The highest BCUT2D eigenvalue weighted by Crippen LogP contribution is 2.23. The second-order valence-electron chi connectivity index (χ2n) is 5.59. The molecular formula is C14H14N10. The molecule has 0 atom stereocenters. The smallest absolute Gasteiger partial charge is 0.203 e. The van der Waals surface area contributed by atoms with Gasteiger partial charge in [0.2, 0.25) is 5.65 Å². The summed E-state index contributed by atoms with van der Waals surface area (Å²) in [6.07, 6.45) is 8.52. The minimum atomic E-state index is 0.692.